The van der Waals surface area contributed by atoms with E-state index >= 15 is 0 Å². The van der Waals surface area contributed by atoms with Crippen LogP contribution < -0.4 is 0 Å². The zero-order chi connectivity index (χ0) is 28.1. The van der Waals surface area contributed by atoms with Crippen molar-refractivity contribution in [3.8, 4) is 12.3 Å². The average molecular weight is 515 g/mol. The lowest BCUT2D eigenvalue weighted by atomic mass is 9.89. The summed E-state index contributed by atoms with van der Waals surface area (Å²) >= 11 is 0. The molecule has 3 nitrogen and oxygen atoms in total. The predicted octanol–water partition coefficient (Wildman–Crippen LogP) is 7.90. The van der Waals surface area contributed by atoms with Crippen LogP contribution in [0.3, 0.4) is 0 Å². The van der Waals surface area contributed by atoms with E-state index in [0.717, 1.165) is 62.6 Å². The summed E-state index contributed by atoms with van der Waals surface area (Å²) in [7, 11) is 3.56. The first-order valence-electron chi connectivity index (χ1n) is 13.2. The Morgan fingerprint density at radius 2 is 1.84 bits per heavy atom. The molecule has 0 spiro atoms. The number of halogens is 1. The Morgan fingerprint density at radius 1 is 1.13 bits per heavy atom. The molecule has 1 radical (unpaired) electrons. The Morgan fingerprint density at radius 3 is 2.50 bits per heavy atom. The second-order valence-electron chi connectivity index (χ2n) is 9.58. The zero-order valence-electron chi connectivity index (χ0n) is 23.4. The van der Waals surface area contributed by atoms with Crippen molar-refractivity contribution in [2.24, 2.45) is 0 Å². The molecule has 0 fully saturated rings. The molecule has 0 amide bonds. The number of terminal acetylenes is 1. The molecule has 0 saturated heterocycles. The molecule has 1 aliphatic carbocycles. The molecule has 0 bridgehead atoms. The van der Waals surface area contributed by atoms with E-state index in [4.69, 9.17) is 4.74 Å². The van der Waals surface area contributed by atoms with Crippen molar-refractivity contribution in [1.29, 1.82) is 0 Å². The second-order valence-corrected chi connectivity index (χ2v) is 9.58. The number of nitrogens with zero attached hydrogens (tertiary/aromatic N) is 1. The number of allylic oxidation sites excluding steroid dienone is 4. The van der Waals surface area contributed by atoms with Crippen molar-refractivity contribution < 1.29 is 13.9 Å². The Kier molecular flexibility index (Phi) is 12.6. The highest BCUT2D eigenvalue weighted by atomic mass is 19.1. The fourth-order valence-corrected chi connectivity index (χ4v) is 4.69. The summed E-state index contributed by atoms with van der Waals surface area (Å²) in [4.78, 5) is 14.1. The van der Waals surface area contributed by atoms with E-state index in [-0.39, 0.29) is 11.8 Å². The van der Waals surface area contributed by atoms with Gasteiger partial charge in [0.25, 0.3) is 0 Å². The minimum Gasteiger partial charge on any atom is -0.465 e. The highest BCUT2D eigenvalue weighted by Gasteiger charge is 2.13. The number of benzene rings is 2. The third-order valence-electron chi connectivity index (χ3n) is 6.91. The molecule has 0 unspecified atom stereocenters. The number of rotatable bonds is 8. The van der Waals surface area contributed by atoms with Gasteiger partial charge in [-0.1, -0.05) is 37.3 Å². The Bertz CT molecular complexity index is 1220. The first kappa shape index (κ1) is 30.6. The molecule has 0 heterocycles. The Labute approximate surface area is 229 Å². The quantitative estimate of drug-likeness (QED) is 0.155. The number of hydrogen-bond donors (Lipinski definition) is 0. The van der Waals surface area contributed by atoms with Crippen LogP contribution in [0.25, 0.3) is 5.57 Å². The van der Waals surface area contributed by atoms with E-state index in [1.165, 1.54) is 35.6 Å². The molecular weight excluding hydrogens is 473 g/mol. The minimum absolute atomic E-state index is 0.185. The number of carbonyl (C=O) groups is 1. The zero-order valence-corrected chi connectivity index (χ0v) is 23.4. The summed E-state index contributed by atoms with van der Waals surface area (Å²) < 4.78 is 18.5. The van der Waals surface area contributed by atoms with Gasteiger partial charge >= 0.3 is 5.97 Å². The van der Waals surface area contributed by atoms with Crippen LogP contribution in [0.15, 0.2) is 66.4 Å². The Hall–Kier alpha value is -3.58. The van der Waals surface area contributed by atoms with Crippen molar-refractivity contribution in [1.82, 2.24) is 4.90 Å². The summed E-state index contributed by atoms with van der Waals surface area (Å²) in [5.41, 5.74) is 8.51. The smallest absolute Gasteiger partial charge is 0.337 e. The van der Waals surface area contributed by atoms with Crippen molar-refractivity contribution in [2.75, 3.05) is 20.7 Å². The van der Waals surface area contributed by atoms with Gasteiger partial charge in [0.05, 0.1) is 12.7 Å². The number of methoxy groups -OCH3 is 1. The number of hydrogen-bond acceptors (Lipinski definition) is 3. The van der Waals surface area contributed by atoms with Crippen LogP contribution in [0.5, 0.6) is 0 Å². The first-order valence-corrected chi connectivity index (χ1v) is 13.2. The van der Waals surface area contributed by atoms with Crippen LogP contribution in [0.2, 0.25) is 0 Å². The first-order chi connectivity index (χ1) is 18.2. The fraction of sp³-hybridized carbons (Fsp3) is 0.353. The number of ether oxygens (including phenoxy) is 1. The van der Waals surface area contributed by atoms with E-state index in [2.05, 4.69) is 57.0 Å². The van der Waals surface area contributed by atoms with Crippen molar-refractivity contribution in [3.63, 3.8) is 0 Å². The van der Waals surface area contributed by atoms with Gasteiger partial charge in [0, 0.05) is 26.2 Å². The van der Waals surface area contributed by atoms with Gasteiger partial charge in [-0.3, -0.25) is 0 Å². The number of esters is 1. The predicted molar refractivity (Wildman–Crippen MR) is 157 cm³/mol. The average Bonchev–Trinajstić information content (AvgIpc) is 2.90. The van der Waals surface area contributed by atoms with Crippen LogP contribution in [-0.2, 0) is 17.6 Å². The van der Waals surface area contributed by atoms with Gasteiger partial charge in [-0.05, 0) is 110 Å². The lowest BCUT2D eigenvalue weighted by Gasteiger charge is -2.22. The third kappa shape index (κ3) is 9.06. The van der Waals surface area contributed by atoms with Crippen molar-refractivity contribution >= 4 is 11.5 Å². The molecule has 0 atom stereocenters. The third-order valence-corrected chi connectivity index (χ3v) is 6.91. The molecule has 1 aliphatic rings. The standard InChI is InChI=1S/C31H38FNO2.C3H3/c1-6-29(20-22(2)26-16-17-30(32)23(3)19-26)33(4)18-8-10-24-9-7-11-27-21-28(31(34)35-5)15-14-25(27)13-12-24;1-3-2/h10,14-17,19-21H,2,6-9,11-13,18H2,1,3-5H3;1H,2H2/b24-10-,29-20-;. The SMILES string of the molecule is C#C[CH2].C=C(/C=C(/CC)N(C)CC/C=C1/CCCc2cc(C(=O)OC)ccc2CC1)c1ccc(F)c(C)c1. The largest absolute Gasteiger partial charge is 0.465 e. The van der Waals surface area contributed by atoms with Crippen LogP contribution in [0, 0.1) is 32.0 Å². The van der Waals surface area contributed by atoms with E-state index in [0.29, 0.717) is 11.1 Å². The van der Waals surface area contributed by atoms with E-state index in [9.17, 15) is 9.18 Å². The monoisotopic (exact) mass is 514 g/mol. The topological polar surface area (TPSA) is 29.5 Å². The van der Waals surface area contributed by atoms with Gasteiger partial charge in [0.2, 0.25) is 0 Å². The van der Waals surface area contributed by atoms with E-state index in [1.807, 2.05) is 24.1 Å². The van der Waals surface area contributed by atoms with E-state index in [1.54, 1.807) is 13.0 Å². The summed E-state index contributed by atoms with van der Waals surface area (Å²) in [6, 6.07) is 11.1. The maximum Gasteiger partial charge on any atom is 0.337 e. The normalized spacial score (nSPS) is 14.2. The van der Waals surface area contributed by atoms with Gasteiger partial charge in [-0.25, -0.2) is 9.18 Å². The molecule has 4 heteroatoms. The van der Waals surface area contributed by atoms with Crippen LogP contribution in [-0.4, -0.2) is 31.6 Å². The van der Waals surface area contributed by atoms with Crippen molar-refractivity contribution in [3.05, 3.63) is 107 Å². The number of fused-ring (bicyclic) bond motifs is 1. The second kappa shape index (κ2) is 15.6. The molecule has 2 aromatic rings. The lowest BCUT2D eigenvalue weighted by molar-refractivity contribution is 0.0600. The van der Waals surface area contributed by atoms with Gasteiger partial charge in [0.15, 0.2) is 0 Å². The molecule has 2 aromatic carbocycles. The van der Waals surface area contributed by atoms with Gasteiger partial charge in [0.1, 0.15) is 5.82 Å². The summed E-state index contributed by atoms with van der Waals surface area (Å²) in [5, 5.41) is 0. The lowest BCUT2D eigenvalue weighted by Crippen LogP contribution is -2.18. The molecule has 3 rings (SSSR count). The summed E-state index contributed by atoms with van der Waals surface area (Å²) in [5.74, 6) is 1.55. The van der Waals surface area contributed by atoms with E-state index < -0.39 is 0 Å². The number of carbonyl (C=O) groups excluding carboxylic acids is 1. The molecule has 38 heavy (non-hydrogen) atoms. The highest BCUT2D eigenvalue weighted by Crippen LogP contribution is 2.26. The molecule has 0 saturated carbocycles. The Balaban J connectivity index is 0.00000161. The van der Waals surface area contributed by atoms with Crippen LogP contribution >= 0.6 is 0 Å². The summed E-state index contributed by atoms with van der Waals surface area (Å²) in [6.07, 6.45) is 16.2. The molecule has 0 aliphatic heterocycles. The summed E-state index contributed by atoms with van der Waals surface area (Å²) in [6.45, 7) is 12.1. The number of aryl methyl sites for hydroxylation is 3. The molecule has 0 N–H and O–H groups in total. The van der Waals surface area contributed by atoms with Crippen LogP contribution in [0.4, 0.5) is 4.39 Å². The van der Waals surface area contributed by atoms with Gasteiger partial charge < -0.3 is 9.64 Å². The molecule has 0 aromatic heterocycles. The van der Waals surface area contributed by atoms with Crippen molar-refractivity contribution in [2.45, 2.75) is 58.8 Å². The molecular formula is C34H41FNO2. The van der Waals surface area contributed by atoms with Gasteiger partial charge in [-0.2, -0.15) is 0 Å². The fourth-order valence-electron chi connectivity index (χ4n) is 4.69. The maximum absolute atomic E-state index is 13.6. The maximum atomic E-state index is 13.6. The highest BCUT2D eigenvalue weighted by molar-refractivity contribution is 5.89. The van der Waals surface area contributed by atoms with Crippen LogP contribution in [0.1, 0.15) is 71.6 Å². The molecule has 201 valence electrons. The van der Waals surface area contributed by atoms with Gasteiger partial charge in [-0.15, -0.1) is 12.3 Å². The minimum atomic E-state index is -0.267.